The highest BCUT2D eigenvalue weighted by Crippen LogP contribution is 2.31. The van der Waals surface area contributed by atoms with Crippen LogP contribution in [0.3, 0.4) is 0 Å². The fourth-order valence-corrected chi connectivity index (χ4v) is 3.89. The third-order valence-corrected chi connectivity index (χ3v) is 5.38. The molecule has 0 unspecified atom stereocenters. The van der Waals surface area contributed by atoms with Crippen molar-refractivity contribution in [2.24, 2.45) is 0 Å². The zero-order valence-electron chi connectivity index (χ0n) is 13.8. The molecule has 4 heteroatoms. The maximum atomic E-state index is 12.4. The van der Waals surface area contributed by atoms with Crippen molar-refractivity contribution >= 4 is 28.4 Å². The Morgan fingerprint density at radius 3 is 2.76 bits per heavy atom. The molecule has 0 saturated carbocycles. The van der Waals surface area contributed by atoms with Gasteiger partial charge < -0.3 is 10.1 Å². The molecule has 0 saturated heterocycles. The summed E-state index contributed by atoms with van der Waals surface area (Å²) >= 11 is 1.57. The van der Waals surface area contributed by atoms with E-state index in [0.29, 0.717) is 12.4 Å². The summed E-state index contributed by atoms with van der Waals surface area (Å²) in [5.74, 6) is 1.35. The summed E-state index contributed by atoms with van der Waals surface area (Å²) in [4.78, 5) is 13.5. The van der Waals surface area contributed by atoms with E-state index in [9.17, 15) is 4.79 Å². The predicted octanol–water partition coefficient (Wildman–Crippen LogP) is 4.57. The van der Waals surface area contributed by atoms with E-state index in [-0.39, 0.29) is 11.9 Å². The second-order valence-electron chi connectivity index (χ2n) is 6.09. The van der Waals surface area contributed by atoms with Gasteiger partial charge in [-0.3, -0.25) is 4.79 Å². The number of hydrogen-bond donors (Lipinski definition) is 1. The maximum Gasteiger partial charge on any atom is 0.230 e. The third kappa shape index (κ3) is 3.64. The van der Waals surface area contributed by atoms with E-state index in [1.54, 1.807) is 11.8 Å². The summed E-state index contributed by atoms with van der Waals surface area (Å²) in [6.07, 6.45) is 0.809. The molecule has 1 amide bonds. The number of rotatable bonds is 4. The van der Waals surface area contributed by atoms with E-state index in [1.807, 2.05) is 36.4 Å². The molecule has 0 aliphatic carbocycles. The molecule has 25 heavy (non-hydrogen) atoms. The molecule has 0 spiro atoms. The van der Waals surface area contributed by atoms with Crippen molar-refractivity contribution in [3.05, 3.63) is 72.3 Å². The number of hydrogen-bond acceptors (Lipinski definition) is 3. The molecule has 0 aromatic heterocycles. The number of ether oxygens (including phenoxy) is 1. The third-order valence-electron chi connectivity index (χ3n) is 4.38. The van der Waals surface area contributed by atoms with Crippen LogP contribution < -0.4 is 10.1 Å². The van der Waals surface area contributed by atoms with Crippen LogP contribution in [0.4, 0.5) is 0 Å². The molecule has 0 bridgehead atoms. The highest BCUT2D eigenvalue weighted by molar-refractivity contribution is 8.00. The van der Waals surface area contributed by atoms with Crippen LogP contribution in [0.2, 0.25) is 0 Å². The molecule has 126 valence electrons. The van der Waals surface area contributed by atoms with Crippen LogP contribution >= 0.6 is 11.8 Å². The van der Waals surface area contributed by atoms with Gasteiger partial charge in [-0.1, -0.05) is 48.5 Å². The normalized spacial score (nSPS) is 16.1. The van der Waals surface area contributed by atoms with Gasteiger partial charge >= 0.3 is 0 Å². The summed E-state index contributed by atoms with van der Waals surface area (Å²) in [5, 5.41) is 5.56. The first kappa shape index (κ1) is 16.0. The lowest BCUT2D eigenvalue weighted by atomic mass is 10.0. The largest absolute Gasteiger partial charge is 0.493 e. The Kier molecular flexibility index (Phi) is 4.61. The van der Waals surface area contributed by atoms with Crippen molar-refractivity contribution in [3.63, 3.8) is 0 Å². The van der Waals surface area contributed by atoms with E-state index in [1.165, 1.54) is 10.8 Å². The fraction of sp³-hybridized carbons (Fsp3) is 0.190. The zero-order valence-corrected chi connectivity index (χ0v) is 14.6. The minimum atomic E-state index is 0.0367. The van der Waals surface area contributed by atoms with Crippen molar-refractivity contribution in [3.8, 4) is 5.75 Å². The highest BCUT2D eigenvalue weighted by atomic mass is 32.2. The molecule has 3 aromatic carbocycles. The van der Waals surface area contributed by atoms with Crippen molar-refractivity contribution in [2.45, 2.75) is 17.4 Å². The lowest BCUT2D eigenvalue weighted by Crippen LogP contribution is -2.33. The number of benzene rings is 3. The number of carbonyl (C=O) groups excluding carboxylic acids is 1. The Balaban J connectivity index is 1.39. The van der Waals surface area contributed by atoms with Gasteiger partial charge in [-0.05, 0) is 29.0 Å². The molecule has 3 aromatic rings. The molecule has 1 N–H and O–H groups in total. The van der Waals surface area contributed by atoms with E-state index in [4.69, 9.17) is 4.74 Å². The molecule has 1 atom stereocenters. The summed E-state index contributed by atoms with van der Waals surface area (Å²) in [6.45, 7) is 0.639. The van der Waals surface area contributed by atoms with E-state index in [2.05, 4.69) is 35.6 Å². The average Bonchev–Trinajstić information content (AvgIpc) is 2.66. The number of thioether (sulfide) groups is 1. The molecular formula is C21H19NO2S. The van der Waals surface area contributed by atoms with Crippen LogP contribution in [0.5, 0.6) is 5.75 Å². The number of carbonyl (C=O) groups is 1. The van der Waals surface area contributed by atoms with Gasteiger partial charge in [0, 0.05) is 16.9 Å². The summed E-state index contributed by atoms with van der Waals surface area (Å²) in [6, 6.07) is 22.5. The lowest BCUT2D eigenvalue weighted by molar-refractivity contribution is -0.119. The van der Waals surface area contributed by atoms with Crippen molar-refractivity contribution in [1.82, 2.24) is 5.32 Å². The SMILES string of the molecule is O=C(CSc1ccc2ccccc2c1)N[C@@H]1CCOc2ccccc21. The van der Waals surface area contributed by atoms with Gasteiger partial charge in [-0.15, -0.1) is 11.8 Å². The van der Waals surface area contributed by atoms with Gasteiger partial charge in [0.05, 0.1) is 18.4 Å². The standard InChI is InChI=1S/C21H19NO2S/c23-21(22-19-11-12-24-20-8-4-3-7-18(19)20)14-25-17-10-9-15-5-1-2-6-16(15)13-17/h1-10,13,19H,11-12,14H2,(H,22,23)/t19-/m1/s1. The van der Waals surface area contributed by atoms with Crippen molar-refractivity contribution in [1.29, 1.82) is 0 Å². The predicted molar refractivity (Wildman–Crippen MR) is 102 cm³/mol. The van der Waals surface area contributed by atoms with Crippen LogP contribution in [0.25, 0.3) is 10.8 Å². The van der Waals surface area contributed by atoms with Crippen LogP contribution in [-0.4, -0.2) is 18.3 Å². The molecule has 1 aliphatic rings. The van der Waals surface area contributed by atoms with E-state index in [0.717, 1.165) is 22.6 Å². The number of nitrogens with one attached hydrogen (secondary N) is 1. The molecule has 1 aliphatic heterocycles. The van der Waals surface area contributed by atoms with E-state index < -0.39 is 0 Å². The highest BCUT2D eigenvalue weighted by Gasteiger charge is 2.22. The monoisotopic (exact) mass is 349 g/mol. The molecule has 3 nitrogen and oxygen atoms in total. The smallest absolute Gasteiger partial charge is 0.230 e. The molecule has 4 rings (SSSR count). The number of para-hydroxylation sites is 1. The van der Waals surface area contributed by atoms with Crippen LogP contribution in [-0.2, 0) is 4.79 Å². The van der Waals surface area contributed by atoms with Crippen LogP contribution in [0, 0.1) is 0 Å². The Bertz CT molecular complexity index is 909. The Morgan fingerprint density at radius 1 is 1.04 bits per heavy atom. The first-order valence-electron chi connectivity index (χ1n) is 8.42. The Hall–Kier alpha value is -2.46. The maximum absolute atomic E-state index is 12.4. The quantitative estimate of drug-likeness (QED) is 0.701. The summed E-state index contributed by atoms with van der Waals surface area (Å²) < 4.78 is 5.65. The number of amides is 1. The van der Waals surface area contributed by atoms with Gasteiger partial charge in [-0.2, -0.15) is 0 Å². The molecule has 1 heterocycles. The molecule has 0 radical (unpaired) electrons. The Morgan fingerprint density at radius 2 is 1.84 bits per heavy atom. The topological polar surface area (TPSA) is 38.3 Å². The van der Waals surface area contributed by atoms with Gasteiger partial charge in [0.25, 0.3) is 0 Å². The minimum absolute atomic E-state index is 0.0367. The van der Waals surface area contributed by atoms with Crippen molar-refractivity contribution < 1.29 is 9.53 Å². The van der Waals surface area contributed by atoms with Gasteiger partial charge in [0.1, 0.15) is 5.75 Å². The zero-order chi connectivity index (χ0) is 17.1. The number of fused-ring (bicyclic) bond motifs is 2. The first-order chi connectivity index (χ1) is 12.3. The van der Waals surface area contributed by atoms with E-state index >= 15 is 0 Å². The van der Waals surface area contributed by atoms with Crippen LogP contribution in [0.1, 0.15) is 18.0 Å². The second-order valence-corrected chi connectivity index (χ2v) is 7.14. The minimum Gasteiger partial charge on any atom is -0.493 e. The van der Waals surface area contributed by atoms with Crippen molar-refractivity contribution in [2.75, 3.05) is 12.4 Å². The lowest BCUT2D eigenvalue weighted by Gasteiger charge is -2.26. The fourth-order valence-electron chi connectivity index (χ4n) is 3.13. The average molecular weight is 349 g/mol. The molecular weight excluding hydrogens is 330 g/mol. The first-order valence-corrected chi connectivity index (χ1v) is 9.41. The van der Waals surface area contributed by atoms with Gasteiger partial charge in [-0.25, -0.2) is 0 Å². The molecule has 0 fully saturated rings. The van der Waals surface area contributed by atoms with Crippen LogP contribution in [0.15, 0.2) is 71.6 Å². The Labute approximate surface area is 151 Å². The summed E-state index contributed by atoms with van der Waals surface area (Å²) in [7, 11) is 0. The van der Waals surface area contributed by atoms with Gasteiger partial charge in [0.2, 0.25) is 5.91 Å². The second kappa shape index (κ2) is 7.19. The van der Waals surface area contributed by atoms with Gasteiger partial charge in [0.15, 0.2) is 0 Å². The summed E-state index contributed by atoms with van der Waals surface area (Å²) in [5.41, 5.74) is 1.07.